The molecule has 10 heavy (non-hydrogen) atoms. The molecule has 0 unspecified atom stereocenters. The molecule has 1 rings (SSSR count). The Hall–Kier alpha value is -0.880. The molecule has 1 aromatic carbocycles. The quantitative estimate of drug-likeness (QED) is 0.566. The summed E-state index contributed by atoms with van der Waals surface area (Å²) in [5.74, 6) is -0.380. The first-order valence-electron chi connectivity index (χ1n) is 2.56. The van der Waals surface area contributed by atoms with Crippen LogP contribution in [0.4, 0.5) is 10.1 Å². The van der Waals surface area contributed by atoms with Crippen molar-refractivity contribution in [2.75, 3.05) is 0 Å². The fourth-order valence-electron chi connectivity index (χ4n) is 0.571. The number of halogens is 2. The van der Waals surface area contributed by atoms with Crippen molar-refractivity contribution >= 4 is 21.6 Å². The van der Waals surface area contributed by atoms with E-state index in [1.807, 2.05) is 0 Å². The summed E-state index contributed by atoms with van der Waals surface area (Å²) in [4.78, 5) is 3.09. The molecule has 0 aliphatic rings. The van der Waals surface area contributed by atoms with Crippen LogP contribution in [0.2, 0.25) is 0 Å². The molecule has 0 spiro atoms. The molecule has 3 heteroatoms. The van der Waals surface area contributed by atoms with Gasteiger partial charge in [-0.3, -0.25) is 0 Å². The molecule has 0 aliphatic carbocycles. The van der Waals surface area contributed by atoms with Crippen LogP contribution in [0.15, 0.2) is 22.7 Å². The van der Waals surface area contributed by atoms with Gasteiger partial charge in [-0.2, -0.15) is 0 Å². The second-order valence-electron chi connectivity index (χ2n) is 1.71. The SMILES string of the molecule is [C-]#[N+]c1cc(F)ccc1Br. The van der Waals surface area contributed by atoms with Crippen LogP contribution < -0.4 is 0 Å². The lowest BCUT2D eigenvalue weighted by Crippen LogP contribution is -1.71. The third-order valence-corrected chi connectivity index (χ3v) is 1.70. The van der Waals surface area contributed by atoms with Crippen molar-refractivity contribution in [1.82, 2.24) is 0 Å². The number of hydrogen-bond donors (Lipinski definition) is 0. The van der Waals surface area contributed by atoms with Crippen molar-refractivity contribution in [2.24, 2.45) is 0 Å². The number of rotatable bonds is 0. The van der Waals surface area contributed by atoms with E-state index in [0.717, 1.165) is 0 Å². The Morgan fingerprint density at radius 1 is 1.50 bits per heavy atom. The van der Waals surface area contributed by atoms with Crippen LogP contribution in [-0.2, 0) is 0 Å². The Labute approximate surface area is 66.4 Å². The summed E-state index contributed by atoms with van der Waals surface area (Å²) < 4.78 is 13.0. The van der Waals surface area contributed by atoms with Gasteiger partial charge in [0.25, 0.3) is 0 Å². The minimum Gasteiger partial charge on any atom is -0.237 e. The molecule has 0 saturated heterocycles. The predicted octanol–water partition coefficient (Wildman–Crippen LogP) is 3.14. The molecule has 0 saturated carbocycles. The molecule has 0 fully saturated rings. The first-order chi connectivity index (χ1) is 4.74. The molecule has 0 radical (unpaired) electrons. The molecular weight excluding hydrogens is 197 g/mol. The highest BCUT2D eigenvalue weighted by Crippen LogP contribution is 2.25. The van der Waals surface area contributed by atoms with Gasteiger partial charge in [0.15, 0.2) is 0 Å². The Bertz CT molecular complexity index is 290. The summed E-state index contributed by atoms with van der Waals surface area (Å²) >= 11 is 3.11. The standard InChI is InChI=1S/C7H3BrFN/c1-10-7-4-5(9)2-3-6(7)8/h2-4H. The summed E-state index contributed by atoms with van der Waals surface area (Å²) in [6, 6.07) is 4.01. The fourth-order valence-corrected chi connectivity index (χ4v) is 0.907. The van der Waals surface area contributed by atoms with Gasteiger partial charge >= 0.3 is 0 Å². The Balaban J connectivity index is 3.25. The van der Waals surface area contributed by atoms with E-state index in [-0.39, 0.29) is 5.82 Å². The van der Waals surface area contributed by atoms with Crippen LogP contribution in [0.1, 0.15) is 0 Å². The normalized spacial score (nSPS) is 8.90. The number of nitrogens with zero attached hydrogens (tertiary/aromatic N) is 1. The Morgan fingerprint density at radius 3 is 2.70 bits per heavy atom. The predicted molar refractivity (Wildman–Crippen MR) is 40.4 cm³/mol. The molecule has 1 nitrogen and oxygen atoms in total. The lowest BCUT2D eigenvalue weighted by molar-refractivity contribution is 0.628. The maximum absolute atomic E-state index is 12.4. The zero-order chi connectivity index (χ0) is 7.56. The van der Waals surface area contributed by atoms with E-state index < -0.39 is 0 Å². The number of hydrogen-bond acceptors (Lipinski definition) is 0. The summed E-state index contributed by atoms with van der Waals surface area (Å²) in [5.41, 5.74) is 0.306. The van der Waals surface area contributed by atoms with Gasteiger partial charge in [0.05, 0.1) is 6.57 Å². The highest BCUT2D eigenvalue weighted by Gasteiger charge is 1.98. The average molecular weight is 200 g/mol. The second-order valence-corrected chi connectivity index (χ2v) is 2.56. The average Bonchev–Trinajstić information content (AvgIpc) is 1.94. The highest BCUT2D eigenvalue weighted by molar-refractivity contribution is 9.10. The number of benzene rings is 1. The van der Waals surface area contributed by atoms with E-state index in [4.69, 9.17) is 6.57 Å². The third kappa shape index (κ3) is 1.34. The van der Waals surface area contributed by atoms with Crippen molar-refractivity contribution in [3.63, 3.8) is 0 Å². The summed E-state index contributed by atoms with van der Waals surface area (Å²) in [6.07, 6.45) is 0. The molecular formula is C7H3BrFN. The molecule has 1 aromatic rings. The van der Waals surface area contributed by atoms with Gasteiger partial charge in [-0.05, 0) is 12.1 Å². The molecule has 0 aromatic heterocycles. The van der Waals surface area contributed by atoms with Crippen molar-refractivity contribution in [3.8, 4) is 0 Å². The van der Waals surface area contributed by atoms with Crippen LogP contribution in [0, 0.1) is 12.4 Å². The largest absolute Gasteiger partial charge is 0.237 e. The molecule has 0 heterocycles. The van der Waals surface area contributed by atoms with Gasteiger partial charge in [-0.25, -0.2) is 9.24 Å². The van der Waals surface area contributed by atoms with Crippen molar-refractivity contribution in [1.29, 1.82) is 0 Å². The highest BCUT2D eigenvalue weighted by atomic mass is 79.9. The van der Waals surface area contributed by atoms with Gasteiger partial charge in [0.2, 0.25) is 5.69 Å². The maximum Gasteiger partial charge on any atom is 0.203 e. The van der Waals surface area contributed by atoms with E-state index in [9.17, 15) is 4.39 Å². The summed E-state index contributed by atoms with van der Waals surface area (Å²) in [5, 5.41) is 0. The van der Waals surface area contributed by atoms with E-state index in [1.54, 1.807) is 0 Å². The van der Waals surface area contributed by atoms with Crippen LogP contribution in [0.5, 0.6) is 0 Å². The lowest BCUT2D eigenvalue weighted by atomic mass is 10.3. The molecule has 50 valence electrons. The van der Waals surface area contributed by atoms with Crippen molar-refractivity contribution < 1.29 is 4.39 Å². The van der Waals surface area contributed by atoms with Crippen LogP contribution in [-0.4, -0.2) is 0 Å². The van der Waals surface area contributed by atoms with Gasteiger partial charge in [0, 0.05) is 4.47 Å². The van der Waals surface area contributed by atoms with Crippen LogP contribution in [0.3, 0.4) is 0 Å². The lowest BCUT2D eigenvalue weighted by Gasteiger charge is -1.92. The smallest absolute Gasteiger partial charge is 0.203 e. The Kier molecular flexibility index (Phi) is 2.03. The van der Waals surface area contributed by atoms with Gasteiger partial charge < -0.3 is 0 Å². The first-order valence-corrected chi connectivity index (χ1v) is 3.36. The maximum atomic E-state index is 12.4. The molecule has 0 bridgehead atoms. The minimum atomic E-state index is -0.380. The van der Waals surface area contributed by atoms with Crippen LogP contribution >= 0.6 is 15.9 Å². The third-order valence-electron chi connectivity index (χ3n) is 1.03. The van der Waals surface area contributed by atoms with E-state index >= 15 is 0 Å². The summed E-state index contributed by atoms with van der Waals surface area (Å²) in [7, 11) is 0. The monoisotopic (exact) mass is 199 g/mol. The van der Waals surface area contributed by atoms with Crippen LogP contribution in [0.25, 0.3) is 4.85 Å². The van der Waals surface area contributed by atoms with Crippen molar-refractivity contribution in [3.05, 3.63) is 39.9 Å². The molecule has 0 N–H and O–H groups in total. The molecule has 0 atom stereocenters. The topological polar surface area (TPSA) is 4.36 Å². The van der Waals surface area contributed by atoms with Crippen molar-refractivity contribution in [2.45, 2.75) is 0 Å². The second kappa shape index (κ2) is 2.80. The molecule has 0 aliphatic heterocycles. The first kappa shape index (κ1) is 7.23. The summed E-state index contributed by atoms with van der Waals surface area (Å²) in [6.45, 7) is 6.61. The van der Waals surface area contributed by atoms with Gasteiger partial charge in [-0.1, -0.05) is 22.0 Å². The van der Waals surface area contributed by atoms with E-state index in [1.165, 1.54) is 18.2 Å². The minimum absolute atomic E-state index is 0.306. The van der Waals surface area contributed by atoms with Gasteiger partial charge in [0.1, 0.15) is 5.82 Å². The fraction of sp³-hybridized carbons (Fsp3) is 0. The Morgan fingerprint density at radius 2 is 2.20 bits per heavy atom. The molecule has 0 amide bonds. The zero-order valence-corrected chi connectivity index (χ0v) is 6.52. The zero-order valence-electron chi connectivity index (χ0n) is 4.94. The van der Waals surface area contributed by atoms with E-state index in [2.05, 4.69) is 20.8 Å². The van der Waals surface area contributed by atoms with Gasteiger partial charge in [-0.15, -0.1) is 0 Å². The van der Waals surface area contributed by atoms with E-state index in [0.29, 0.717) is 10.2 Å².